The van der Waals surface area contributed by atoms with Crippen molar-refractivity contribution in [1.82, 2.24) is 10.2 Å². The predicted octanol–water partition coefficient (Wildman–Crippen LogP) is 0.854. The highest BCUT2D eigenvalue weighted by atomic mass is 16.2. The van der Waals surface area contributed by atoms with Crippen molar-refractivity contribution in [3.05, 3.63) is 0 Å². The molecular weight excluding hydrogens is 164 g/mol. The minimum absolute atomic E-state index is 0.227. The first kappa shape index (κ1) is 10.5. The third-order valence-electron chi connectivity index (χ3n) is 2.57. The van der Waals surface area contributed by atoms with Crippen LogP contribution in [0.15, 0.2) is 0 Å². The smallest absolute Gasteiger partial charge is 0.236 e. The molecule has 0 atom stereocenters. The Bertz CT molecular complexity index is 166. The molecule has 0 radical (unpaired) electrons. The Balaban J connectivity index is 2.18. The van der Waals surface area contributed by atoms with Crippen LogP contribution in [0.5, 0.6) is 0 Å². The average Bonchev–Trinajstić information content (AvgIpc) is 2.89. The van der Waals surface area contributed by atoms with Gasteiger partial charge in [-0.25, -0.2) is 0 Å². The number of nitrogens with one attached hydrogen (secondary N) is 1. The Morgan fingerprint density at radius 3 is 2.69 bits per heavy atom. The first-order valence-corrected chi connectivity index (χ1v) is 5.20. The molecule has 0 aromatic carbocycles. The van der Waals surface area contributed by atoms with E-state index >= 15 is 0 Å². The average molecular weight is 184 g/mol. The molecule has 0 unspecified atom stereocenters. The number of hydrogen-bond acceptors (Lipinski definition) is 2. The van der Waals surface area contributed by atoms with Gasteiger partial charge in [-0.05, 0) is 26.3 Å². The van der Waals surface area contributed by atoms with Gasteiger partial charge in [-0.1, -0.05) is 12.8 Å². The number of rotatable bonds is 6. The zero-order valence-electron chi connectivity index (χ0n) is 8.68. The molecule has 0 bridgehead atoms. The maximum Gasteiger partial charge on any atom is 0.236 e. The Kier molecular flexibility index (Phi) is 4.22. The van der Waals surface area contributed by atoms with Gasteiger partial charge < -0.3 is 10.2 Å². The van der Waals surface area contributed by atoms with E-state index in [1.807, 2.05) is 18.9 Å². The van der Waals surface area contributed by atoms with Gasteiger partial charge in [-0.15, -0.1) is 0 Å². The summed E-state index contributed by atoms with van der Waals surface area (Å²) in [7, 11) is 1.81. The maximum atomic E-state index is 11.5. The fourth-order valence-corrected chi connectivity index (χ4v) is 1.47. The quantitative estimate of drug-likeness (QED) is 0.664. The molecule has 0 saturated heterocycles. The fourth-order valence-electron chi connectivity index (χ4n) is 1.47. The molecule has 3 nitrogen and oxygen atoms in total. The lowest BCUT2D eigenvalue weighted by atomic mass is 10.2. The highest BCUT2D eigenvalue weighted by molar-refractivity contribution is 5.78. The van der Waals surface area contributed by atoms with Gasteiger partial charge in [0.05, 0.1) is 6.54 Å². The predicted molar refractivity (Wildman–Crippen MR) is 53.5 cm³/mol. The molecule has 1 aliphatic rings. The number of likely N-dealkylation sites (N-methyl/N-ethyl adjacent to an activating group) is 2. The Labute approximate surface area is 80.5 Å². The van der Waals surface area contributed by atoms with Crippen molar-refractivity contribution >= 4 is 5.91 Å². The lowest BCUT2D eigenvalue weighted by Gasteiger charge is -2.20. The molecular formula is C10H20N2O. The second-order valence-corrected chi connectivity index (χ2v) is 3.74. The molecule has 76 valence electrons. The van der Waals surface area contributed by atoms with Gasteiger partial charge in [0.25, 0.3) is 0 Å². The summed E-state index contributed by atoms with van der Waals surface area (Å²) in [5.74, 6) is 1.14. The van der Waals surface area contributed by atoms with Crippen LogP contribution >= 0.6 is 0 Å². The van der Waals surface area contributed by atoms with Crippen LogP contribution < -0.4 is 5.32 Å². The van der Waals surface area contributed by atoms with Crippen LogP contribution in [-0.4, -0.2) is 37.5 Å². The molecule has 3 heteroatoms. The van der Waals surface area contributed by atoms with Gasteiger partial charge in [0, 0.05) is 13.1 Å². The van der Waals surface area contributed by atoms with E-state index in [2.05, 4.69) is 5.32 Å². The van der Waals surface area contributed by atoms with Crippen molar-refractivity contribution in [2.45, 2.75) is 26.2 Å². The number of carbonyl (C=O) groups is 1. The van der Waals surface area contributed by atoms with Crippen LogP contribution in [0.4, 0.5) is 0 Å². The van der Waals surface area contributed by atoms with Crippen molar-refractivity contribution in [3.63, 3.8) is 0 Å². The van der Waals surface area contributed by atoms with E-state index in [0.717, 1.165) is 19.0 Å². The lowest BCUT2D eigenvalue weighted by Crippen LogP contribution is -2.37. The van der Waals surface area contributed by atoms with Crippen molar-refractivity contribution in [1.29, 1.82) is 0 Å². The molecule has 1 aliphatic carbocycles. The van der Waals surface area contributed by atoms with Gasteiger partial charge in [-0.3, -0.25) is 4.79 Å². The molecule has 1 fully saturated rings. The Morgan fingerprint density at radius 2 is 2.23 bits per heavy atom. The summed E-state index contributed by atoms with van der Waals surface area (Å²) in [4.78, 5) is 13.4. The third kappa shape index (κ3) is 3.77. The van der Waals surface area contributed by atoms with E-state index in [1.165, 1.54) is 19.3 Å². The lowest BCUT2D eigenvalue weighted by molar-refractivity contribution is -0.130. The summed E-state index contributed by atoms with van der Waals surface area (Å²) >= 11 is 0. The fraction of sp³-hybridized carbons (Fsp3) is 0.900. The zero-order chi connectivity index (χ0) is 9.68. The van der Waals surface area contributed by atoms with Gasteiger partial charge in [0.1, 0.15) is 0 Å². The Hall–Kier alpha value is -0.570. The summed E-state index contributed by atoms with van der Waals surface area (Å²) in [6, 6.07) is 0. The van der Waals surface area contributed by atoms with E-state index in [0.29, 0.717) is 6.54 Å². The zero-order valence-corrected chi connectivity index (χ0v) is 8.68. The summed E-state index contributed by atoms with van der Waals surface area (Å²) in [6.45, 7) is 4.30. The topological polar surface area (TPSA) is 32.3 Å². The van der Waals surface area contributed by atoms with Crippen molar-refractivity contribution < 1.29 is 4.79 Å². The Morgan fingerprint density at radius 1 is 1.54 bits per heavy atom. The normalized spacial score (nSPS) is 15.8. The van der Waals surface area contributed by atoms with Crippen LogP contribution in [0, 0.1) is 5.92 Å². The van der Waals surface area contributed by atoms with E-state index in [4.69, 9.17) is 0 Å². The monoisotopic (exact) mass is 184 g/mol. The largest absolute Gasteiger partial charge is 0.342 e. The summed E-state index contributed by atoms with van der Waals surface area (Å²) in [6.07, 6.45) is 3.94. The number of hydrogen-bond donors (Lipinski definition) is 1. The minimum atomic E-state index is 0.227. The van der Waals surface area contributed by atoms with Gasteiger partial charge >= 0.3 is 0 Å². The molecule has 0 spiro atoms. The van der Waals surface area contributed by atoms with E-state index in [1.54, 1.807) is 0 Å². The van der Waals surface area contributed by atoms with Crippen LogP contribution in [0.1, 0.15) is 26.2 Å². The van der Waals surface area contributed by atoms with Crippen LogP contribution in [0.3, 0.4) is 0 Å². The molecule has 0 aromatic rings. The van der Waals surface area contributed by atoms with Gasteiger partial charge in [0.15, 0.2) is 0 Å². The second kappa shape index (κ2) is 5.22. The van der Waals surface area contributed by atoms with Crippen molar-refractivity contribution in [2.24, 2.45) is 5.92 Å². The van der Waals surface area contributed by atoms with Crippen LogP contribution in [0.25, 0.3) is 0 Å². The number of carbonyl (C=O) groups excluding carboxylic acids is 1. The molecule has 0 aliphatic heterocycles. The van der Waals surface area contributed by atoms with Crippen molar-refractivity contribution in [2.75, 3.05) is 26.7 Å². The van der Waals surface area contributed by atoms with E-state index < -0.39 is 0 Å². The molecule has 1 amide bonds. The number of amides is 1. The summed E-state index contributed by atoms with van der Waals surface area (Å²) in [5, 5.41) is 2.89. The number of nitrogens with zero attached hydrogens (tertiary/aromatic N) is 1. The molecule has 1 saturated carbocycles. The molecule has 0 heterocycles. The molecule has 0 aromatic heterocycles. The van der Waals surface area contributed by atoms with E-state index in [9.17, 15) is 4.79 Å². The second-order valence-electron chi connectivity index (χ2n) is 3.74. The van der Waals surface area contributed by atoms with Crippen molar-refractivity contribution in [3.8, 4) is 0 Å². The van der Waals surface area contributed by atoms with Crippen LogP contribution in [0.2, 0.25) is 0 Å². The van der Waals surface area contributed by atoms with Gasteiger partial charge in [-0.2, -0.15) is 0 Å². The maximum absolute atomic E-state index is 11.5. The summed E-state index contributed by atoms with van der Waals surface area (Å²) < 4.78 is 0. The molecule has 13 heavy (non-hydrogen) atoms. The van der Waals surface area contributed by atoms with E-state index in [-0.39, 0.29) is 5.91 Å². The third-order valence-corrected chi connectivity index (χ3v) is 2.57. The summed E-state index contributed by atoms with van der Waals surface area (Å²) in [5.41, 5.74) is 0. The first-order valence-electron chi connectivity index (χ1n) is 5.20. The van der Waals surface area contributed by atoms with Gasteiger partial charge in [0.2, 0.25) is 5.91 Å². The molecule has 1 rings (SSSR count). The standard InChI is InChI=1S/C10H20N2O/c1-3-12(10(13)8-11-2)7-6-9-4-5-9/h9,11H,3-8H2,1-2H3. The SMILES string of the molecule is CCN(CCC1CC1)C(=O)CNC. The molecule has 1 N–H and O–H groups in total. The van der Waals surface area contributed by atoms with Crippen LogP contribution in [-0.2, 0) is 4.79 Å². The minimum Gasteiger partial charge on any atom is -0.342 e. The first-order chi connectivity index (χ1) is 6.27. The highest BCUT2D eigenvalue weighted by Gasteiger charge is 2.22. The highest BCUT2D eigenvalue weighted by Crippen LogP contribution is 2.32.